The van der Waals surface area contributed by atoms with E-state index in [0.717, 1.165) is 51.9 Å². The van der Waals surface area contributed by atoms with Gasteiger partial charge in [0.05, 0.1) is 5.70 Å². The number of aliphatic imine (C=N–C) groups is 2. The minimum Gasteiger partial charge on any atom is -0.233 e. The molecule has 7 aromatic carbocycles. The van der Waals surface area contributed by atoms with E-state index in [1.54, 1.807) is 0 Å². The number of amidine groups is 1. The van der Waals surface area contributed by atoms with Gasteiger partial charge >= 0.3 is 0 Å². The highest BCUT2D eigenvalue weighted by atomic mass is 14.9. The molecule has 0 unspecified atom stereocenters. The van der Waals surface area contributed by atoms with Gasteiger partial charge in [-0.3, -0.25) is 0 Å². The van der Waals surface area contributed by atoms with Crippen LogP contribution in [0.4, 0.5) is 0 Å². The first-order valence-corrected chi connectivity index (χ1v) is 18.9. The summed E-state index contributed by atoms with van der Waals surface area (Å²) in [5, 5.41) is 0. The minimum atomic E-state index is 0.630. The van der Waals surface area contributed by atoms with E-state index in [1.807, 2.05) is 6.07 Å². The zero-order chi connectivity index (χ0) is 37.4. The van der Waals surface area contributed by atoms with Crippen molar-refractivity contribution in [3.05, 3.63) is 223 Å². The molecule has 0 saturated carbocycles. The lowest BCUT2D eigenvalue weighted by molar-refractivity contribution is 1.03. The van der Waals surface area contributed by atoms with E-state index in [4.69, 9.17) is 9.98 Å². The molecule has 8 rings (SSSR count). The molecule has 2 nitrogen and oxygen atoms in total. The molecule has 2 heteroatoms. The van der Waals surface area contributed by atoms with Crippen LogP contribution in [0.25, 0.3) is 61.3 Å². The third-order valence-electron chi connectivity index (χ3n) is 10.1. The number of nitrogens with zero attached hydrogens (tertiary/aromatic N) is 2. The van der Waals surface area contributed by atoms with E-state index < -0.39 is 0 Å². The fourth-order valence-electron chi connectivity index (χ4n) is 7.19. The van der Waals surface area contributed by atoms with E-state index in [-0.39, 0.29) is 0 Å². The molecule has 0 amide bonds. The van der Waals surface area contributed by atoms with Gasteiger partial charge in [-0.05, 0) is 99.2 Å². The maximum Gasteiger partial charge on any atom is 0.160 e. The van der Waals surface area contributed by atoms with Crippen molar-refractivity contribution in [3.63, 3.8) is 0 Å². The zero-order valence-corrected chi connectivity index (χ0v) is 31.1. The summed E-state index contributed by atoms with van der Waals surface area (Å²) in [6.07, 6.45) is 8.70. The smallest absolute Gasteiger partial charge is 0.160 e. The summed E-state index contributed by atoms with van der Waals surface area (Å²) in [7, 11) is 0. The van der Waals surface area contributed by atoms with Crippen molar-refractivity contribution in [2.24, 2.45) is 9.98 Å². The first-order chi connectivity index (χ1) is 27.1. The minimum absolute atomic E-state index is 0.630. The Hall–Kier alpha value is -6.90. The van der Waals surface area contributed by atoms with Gasteiger partial charge in [-0.1, -0.05) is 189 Å². The lowest BCUT2D eigenvalue weighted by Gasteiger charge is -2.19. The molecule has 1 aliphatic rings. The van der Waals surface area contributed by atoms with Crippen LogP contribution in [0, 0.1) is 0 Å². The van der Waals surface area contributed by atoms with Gasteiger partial charge in [0.2, 0.25) is 0 Å². The summed E-state index contributed by atoms with van der Waals surface area (Å²) < 4.78 is 0. The SMILES string of the molecule is C=C(N=C(N=C(C)C1=CCCC=C1)c1ccc(-c2c(-c3ccccc3)cc(-c3ccccc3)cc2-c2ccccc2)cc1)c1cccc(-c2ccccc2)c1. The van der Waals surface area contributed by atoms with Crippen molar-refractivity contribution >= 4 is 17.2 Å². The van der Waals surface area contributed by atoms with Crippen molar-refractivity contribution in [2.75, 3.05) is 0 Å². The second kappa shape index (κ2) is 16.4. The Balaban J connectivity index is 1.26. The first-order valence-electron chi connectivity index (χ1n) is 18.9. The summed E-state index contributed by atoms with van der Waals surface area (Å²) in [5.41, 5.74) is 16.2. The average molecular weight is 707 g/mol. The van der Waals surface area contributed by atoms with Gasteiger partial charge in [-0.2, -0.15) is 0 Å². The quantitative estimate of drug-likeness (QED) is 0.105. The second-order valence-corrected chi connectivity index (χ2v) is 13.8. The van der Waals surface area contributed by atoms with Crippen LogP contribution in [-0.4, -0.2) is 11.5 Å². The Labute approximate surface area is 325 Å². The molecule has 0 N–H and O–H groups in total. The van der Waals surface area contributed by atoms with E-state index in [9.17, 15) is 0 Å². The van der Waals surface area contributed by atoms with E-state index >= 15 is 0 Å². The van der Waals surface area contributed by atoms with E-state index in [0.29, 0.717) is 11.5 Å². The largest absolute Gasteiger partial charge is 0.233 e. The highest BCUT2D eigenvalue weighted by Gasteiger charge is 2.18. The van der Waals surface area contributed by atoms with Gasteiger partial charge in [0.25, 0.3) is 0 Å². The molecule has 0 spiro atoms. The normalized spacial score (nSPS) is 13.0. The molecule has 0 fully saturated rings. The Morgan fingerprint density at radius 3 is 1.53 bits per heavy atom. The number of allylic oxidation sites excluding steroid dienone is 4. The van der Waals surface area contributed by atoms with Crippen LogP contribution in [0.15, 0.2) is 222 Å². The maximum absolute atomic E-state index is 5.18. The van der Waals surface area contributed by atoms with Gasteiger partial charge < -0.3 is 0 Å². The molecule has 0 aliphatic heterocycles. The van der Waals surface area contributed by atoms with Gasteiger partial charge in [-0.15, -0.1) is 0 Å². The third kappa shape index (κ3) is 8.05. The first kappa shape index (κ1) is 35.1. The van der Waals surface area contributed by atoms with Gasteiger partial charge in [0.1, 0.15) is 0 Å². The van der Waals surface area contributed by atoms with Gasteiger partial charge in [0, 0.05) is 16.8 Å². The number of hydrogen-bond acceptors (Lipinski definition) is 1. The van der Waals surface area contributed by atoms with Crippen molar-refractivity contribution in [3.8, 4) is 55.6 Å². The van der Waals surface area contributed by atoms with Crippen LogP contribution >= 0.6 is 0 Å². The lowest BCUT2D eigenvalue weighted by atomic mass is 9.84. The Morgan fingerprint density at radius 1 is 0.455 bits per heavy atom. The molecule has 0 bridgehead atoms. The summed E-state index contributed by atoms with van der Waals surface area (Å²) in [6.45, 7) is 6.51. The summed E-state index contributed by atoms with van der Waals surface area (Å²) in [4.78, 5) is 10.3. The monoisotopic (exact) mass is 706 g/mol. The van der Waals surface area contributed by atoms with Crippen LogP contribution in [-0.2, 0) is 0 Å². The highest BCUT2D eigenvalue weighted by Crippen LogP contribution is 2.43. The molecular formula is C53H42N2. The second-order valence-electron chi connectivity index (χ2n) is 13.8. The molecule has 0 radical (unpaired) electrons. The number of hydrogen-bond donors (Lipinski definition) is 0. The van der Waals surface area contributed by atoms with Crippen molar-refractivity contribution < 1.29 is 0 Å². The number of benzene rings is 7. The molecular weight excluding hydrogens is 665 g/mol. The Bertz CT molecular complexity index is 2500. The predicted octanol–water partition coefficient (Wildman–Crippen LogP) is 14.2. The Morgan fingerprint density at radius 2 is 0.982 bits per heavy atom. The van der Waals surface area contributed by atoms with Crippen LogP contribution in [0.3, 0.4) is 0 Å². The van der Waals surface area contributed by atoms with E-state index in [2.05, 4.69) is 208 Å². The third-order valence-corrected chi connectivity index (χ3v) is 10.1. The lowest BCUT2D eigenvalue weighted by Crippen LogP contribution is -2.05. The van der Waals surface area contributed by atoms with Crippen LogP contribution < -0.4 is 0 Å². The zero-order valence-electron chi connectivity index (χ0n) is 31.1. The molecule has 0 heterocycles. The highest BCUT2D eigenvalue weighted by molar-refractivity contribution is 6.13. The average Bonchev–Trinajstić information content (AvgIpc) is 3.27. The predicted molar refractivity (Wildman–Crippen MR) is 235 cm³/mol. The molecule has 0 saturated heterocycles. The van der Waals surface area contributed by atoms with E-state index in [1.165, 1.54) is 38.9 Å². The van der Waals surface area contributed by atoms with Gasteiger partial charge in [0.15, 0.2) is 5.84 Å². The number of rotatable bonds is 9. The fraction of sp³-hybridized carbons (Fsp3) is 0.0566. The van der Waals surface area contributed by atoms with Crippen molar-refractivity contribution in [2.45, 2.75) is 19.8 Å². The fourth-order valence-corrected chi connectivity index (χ4v) is 7.19. The van der Waals surface area contributed by atoms with Crippen LogP contribution in [0.2, 0.25) is 0 Å². The standard InChI is InChI=1S/C53H42N2/c1-38(40-19-8-3-9-20-40)54-53(55-39(2)47-29-18-30-48(35-47)41-21-10-4-11-22-41)46-33-31-45(32-34-46)52-50(43-25-14-6-15-26-43)36-49(42-23-12-5-13-24-42)37-51(52)44-27-16-7-17-28-44/h4-8,10-37H,2-3,9H2,1H3. The Kier molecular flexibility index (Phi) is 10.5. The van der Waals surface area contributed by atoms with Crippen LogP contribution in [0.1, 0.15) is 30.9 Å². The molecule has 7 aromatic rings. The molecule has 264 valence electrons. The molecule has 0 atom stereocenters. The summed E-state index contributed by atoms with van der Waals surface area (Å²) in [5.74, 6) is 0.630. The van der Waals surface area contributed by atoms with Crippen molar-refractivity contribution in [1.29, 1.82) is 0 Å². The topological polar surface area (TPSA) is 24.7 Å². The van der Waals surface area contributed by atoms with Gasteiger partial charge in [-0.25, -0.2) is 9.98 Å². The van der Waals surface area contributed by atoms with Crippen LogP contribution in [0.5, 0.6) is 0 Å². The molecule has 0 aromatic heterocycles. The summed E-state index contributed by atoms with van der Waals surface area (Å²) in [6, 6.07) is 64.3. The van der Waals surface area contributed by atoms with Crippen molar-refractivity contribution in [1.82, 2.24) is 0 Å². The molecule has 1 aliphatic carbocycles. The maximum atomic E-state index is 5.18. The molecule has 55 heavy (non-hydrogen) atoms. The summed E-state index contributed by atoms with van der Waals surface area (Å²) >= 11 is 0.